The van der Waals surface area contributed by atoms with Crippen LogP contribution in [-0.4, -0.2) is 36.5 Å². The summed E-state index contributed by atoms with van der Waals surface area (Å²) in [5.41, 5.74) is 0.925. The molecule has 198 valence electrons. The fraction of sp³-hybridized carbons (Fsp3) is 0.346. The van der Waals surface area contributed by atoms with Gasteiger partial charge in [0.05, 0.1) is 9.77 Å². The van der Waals surface area contributed by atoms with E-state index >= 15 is 0 Å². The topological polar surface area (TPSA) is 126 Å². The summed E-state index contributed by atoms with van der Waals surface area (Å²) in [6.45, 7) is 12.0. The number of aromatic nitrogens is 1. The zero-order valence-corrected chi connectivity index (χ0v) is 23.6. The molecule has 0 atom stereocenters. The predicted molar refractivity (Wildman–Crippen MR) is 147 cm³/mol. The number of thiazole rings is 1. The second-order valence-electron chi connectivity index (χ2n) is 10.5. The molecule has 0 unspecified atom stereocenters. The van der Waals surface area contributed by atoms with Crippen molar-refractivity contribution in [3.63, 3.8) is 0 Å². The van der Waals surface area contributed by atoms with Crippen LogP contribution in [0.1, 0.15) is 48.5 Å². The molecule has 0 aliphatic heterocycles. The van der Waals surface area contributed by atoms with E-state index in [1.54, 1.807) is 72.0 Å². The smallest absolute Gasteiger partial charge is 0.412 e. The number of hydrogen-bond acceptors (Lipinski definition) is 7. The zero-order chi connectivity index (χ0) is 27.6. The van der Waals surface area contributed by atoms with Crippen LogP contribution in [0.15, 0.2) is 53.6 Å². The third-order valence-corrected chi connectivity index (χ3v) is 7.46. The van der Waals surface area contributed by atoms with Crippen LogP contribution < -0.4 is 15.4 Å². The number of benzene rings is 2. The molecule has 3 N–H and O–H groups in total. The molecule has 0 fully saturated rings. The van der Waals surface area contributed by atoms with Crippen LogP contribution >= 0.6 is 11.3 Å². The highest BCUT2D eigenvalue weighted by Crippen LogP contribution is 2.37. The second kappa shape index (κ2) is 10.6. The van der Waals surface area contributed by atoms with Crippen LogP contribution in [0.25, 0.3) is 21.0 Å². The summed E-state index contributed by atoms with van der Waals surface area (Å²) in [5.74, 6) is -0.301. The summed E-state index contributed by atoms with van der Waals surface area (Å²) in [5, 5.41) is 6.00. The minimum atomic E-state index is -3.92. The molecule has 1 heterocycles. The second-order valence-corrected chi connectivity index (χ2v) is 13.2. The number of nitrogens with zero attached hydrogens (tertiary/aromatic N) is 1. The lowest BCUT2D eigenvalue weighted by Gasteiger charge is -2.22. The van der Waals surface area contributed by atoms with Crippen LogP contribution in [0.4, 0.5) is 16.2 Å². The Morgan fingerprint density at radius 3 is 2.11 bits per heavy atom. The summed E-state index contributed by atoms with van der Waals surface area (Å²) in [7, 11) is -3.92. The third kappa shape index (κ3) is 8.11. The fourth-order valence-corrected chi connectivity index (χ4v) is 6.03. The highest BCUT2D eigenvalue weighted by Gasteiger charge is 2.26. The first kappa shape index (κ1) is 28.3. The van der Waals surface area contributed by atoms with Gasteiger partial charge < -0.3 is 10.1 Å². The number of ether oxygens (including phenoxy) is 1. The minimum Gasteiger partial charge on any atom is -0.444 e. The lowest BCUT2D eigenvalue weighted by molar-refractivity contribution is -0.114. The van der Waals surface area contributed by atoms with Gasteiger partial charge in [0.15, 0.2) is 0 Å². The van der Waals surface area contributed by atoms with Gasteiger partial charge in [0.1, 0.15) is 10.6 Å². The molecule has 0 saturated carbocycles. The number of anilines is 2. The van der Waals surface area contributed by atoms with Gasteiger partial charge in [-0.25, -0.2) is 22.9 Å². The quantitative estimate of drug-likeness (QED) is 0.357. The van der Waals surface area contributed by atoms with Crippen LogP contribution in [0.2, 0.25) is 0 Å². The van der Waals surface area contributed by atoms with E-state index in [1.165, 1.54) is 24.3 Å². The molecule has 0 saturated heterocycles. The average molecular weight is 545 g/mol. The van der Waals surface area contributed by atoms with E-state index in [1.807, 2.05) is 12.1 Å². The summed E-state index contributed by atoms with van der Waals surface area (Å²) >= 11 is 1.33. The van der Waals surface area contributed by atoms with E-state index in [4.69, 9.17) is 4.74 Å². The molecule has 37 heavy (non-hydrogen) atoms. The van der Waals surface area contributed by atoms with Gasteiger partial charge in [-0.15, -0.1) is 11.3 Å². The number of carbonyl (C=O) groups excluding carboxylic acids is 2. The van der Waals surface area contributed by atoms with E-state index in [0.29, 0.717) is 26.8 Å². The maximum Gasteiger partial charge on any atom is 0.412 e. The van der Waals surface area contributed by atoms with E-state index in [-0.39, 0.29) is 10.8 Å². The third-order valence-electron chi connectivity index (χ3n) is 4.58. The lowest BCUT2D eigenvalue weighted by atomic mass is 10.1. The SMILES string of the molecule is CC(=O)Nc1ccc(-c2cnc(-c3ccc(NC(=O)OC(C)(C)C)cc3)s2)c(S(=O)(=O)NC(C)(C)C)c1. The highest BCUT2D eigenvalue weighted by atomic mass is 32.2. The predicted octanol–water partition coefficient (Wildman–Crippen LogP) is 5.86. The summed E-state index contributed by atoms with van der Waals surface area (Å²) < 4.78 is 34.5. The van der Waals surface area contributed by atoms with Crippen molar-refractivity contribution >= 4 is 44.7 Å². The van der Waals surface area contributed by atoms with Gasteiger partial charge in [-0.2, -0.15) is 0 Å². The first-order valence-electron chi connectivity index (χ1n) is 11.5. The van der Waals surface area contributed by atoms with E-state index in [0.717, 1.165) is 5.56 Å². The van der Waals surface area contributed by atoms with Gasteiger partial charge >= 0.3 is 6.09 Å². The molecule has 0 aliphatic carbocycles. The van der Waals surface area contributed by atoms with E-state index in [2.05, 4.69) is 20.3 Å². The van der Waals surface area contributed by atoms with Crippen molar-refractivity contribution in [1.82, 2.24) is 9.71 Å². The number of rotatable bonds is 6. The summed E-state index contributed by atoms with van der Waals surface area (Å²) in [6.07, 6.45) is 1.08. The van der Waals surface area contributed by atoms with Crippen LogP contribution in [0.5, 0.6) is 0 Å². The molecule has 0 spiro atoms. The normalized spacial score (nSPS) is 12.2. The van der Waals surface area contributed by atoms with Crippen LogP contribution in [0.3, 0.4) is 0 Å². The Bertz CT molecular complexity index is 1400. The lowest BCUT2D eigenvalue weighted by Crippen LogP contribution is -2.40. The van der Waals surface area contributed by atoms with Gasteiger partial charge in [0.2, 0.25) is 15.9 Å². The van der Waals surface area contributed by atoms with Gasteiger partial charge in [0.25, 0.3) is 0 Å². The van der Waals surface area contributed by atoms with Crippen molar-refractivity contribution in [2.24, 2.45) is 0 Å². The van der Waals surface area contributed by atoms with Gasteiger partial charge in [0, 0.05) is 41.2 Å². The molecule has 2 amide bonds. The number of hydrogen-bond donors (Lipinski definition) is 3. The van der Waals surface area contributed by atoms with Crippen molar-refractivity contribution in [1.29, 1.82) is 0 Å². The van der Waals surface area contributed by atoms with Crippen molar-refractivity contribution in [3.05, 3.63) is 48.7 Å². The Hall–Kier alpha value is -3.28. The number of nitrogens with one attached hydrogen (secondary N) is 3. The number of carbonyl (C=O) groups is 2. The molecular weight excluding hydrogens is 512 g/mol. The minimum absolute atomic E-state index is 0.0424. The molecule has 0 aliphatic rings. The monoisotopic (exact) mass is 544 g/mol. The molecule has 9 nitrogen and oxygen atoms in total. The Balaban J connectivity index is 1.92. The van der Waals surface area contributed by atoms with E-state index in [9.17, 15) is 18.0 Å². The summed E-state index contributed by atoms with van der Waals surface area (Å²) in [4.78, 5) is 28.7. The molecule has 1 aromatic heterocycles. The average Bonchev–Trinajstić information content (AvgIpc) is 3.21. The van der Waals surface area contributed by atoms with Crippen molar-refractivity contribution in [2.75, 3.05) is 10.6 Å². The first-order valence-corrected chi connectivity index (χ1v) is 13.8. The van der Waals surface area contributed by atoms with Gasteiger partial charge in [-0.05, 0) is 77.9 Å². The molecule has 0 bridgehead atoms. The van der Waals surface area contributed by atoms with Crippen LogP contribution in [-0.2, 0) is 19.6 Å². The maximum atomic E-state index is 13.3. The van der Waals surface area contributed by atoms with Crippen molar-refractivity contribution in [2.45, 2.75) is 64.5 Å². The highest BCUT2D eigenvalue weighted by molar-refractivity contribution is 7.89. The first-order chi connectivity index (χ1) is 17.0. The molecule has 3 rings (SSSR count). The maximum absolute atomic E-state index is 13.3. The van der Waals surface area contributed by atoms with Gasteiger partial charge in [-0.3, -0.25) is 10.1 Å². The van der Waals surface area contributed by atoms with E-state index < -0.39 is 27.3 Å². The molecule has 2 aromatic carbocycles. The molecule has 3 aromatic rings. The number of sulfonamides is 1. The summed E-state index contributed by atoms with van der Waals surface area (Å²) in [6, 6.07) is 11.9. The van der Waals surface area contributed by atoms with Crippen molar-refractivity contribution in [3.8, 4) is 21.0 Å². The Kier molecular flexibility index (Phi) is 8.11. The van der Waals surface area contributed by atoms with Gasteiger partial charge in [-0.1, -0.05) is 6.07 Å². The molecule has 0 radical (unpaired) electrons. The zero-order valence-electron chi connectivity index (χ0n) is 21.9. The Morgan fingerprint density at radius 1 is 0.919 bits per heavy atom. The fourth-order valence-electron chi connectivity index (χ4n) is 3.34. The largest absolute Gasteiger partial charge is 0.444 e. The van der Waals surface area contributed by atoms with Crippen LogP contribution in [0, 0.1) is 0 Å². The van der Waals surface area contributed by atoms with Crippen molar-refractivity contribution < 1.29 is 22.7 Å². The number of amides is 2. The Labute approximate surface area is 221 Å². The molecule has 11 heteroatoms. The Morgan fingerprint density at radius 2 is 1.54 bits per heavy atom. The molecular formula is C26H32N4O5S2. The standard InChI is InChI=1S/C26H32N4O5S2/c1-16(31)28-19-12-13-20(22(14-19)37(33,34)30-25(2,3)4)21-15-27-23(36-21)17-8-10-18(11-9-17)29-24(32)35-26(5,6)7/h8-15,30H,1-7H3,(H,28,31)(H,29,32).